The first-order chi connectivity index (χ1) is 13.9. The average Bonchev–Trinajstić information content (AvgIpc) is 2.71. The molecule has 0 bridgehead atoms. The molecule has 3 rings (SSSR count). The van der Waals surface area contributed by atoms with Crippen molar-refractivity contribution in [2.24, 2.45) is 11.8 Å². The zero-order valence-corrected chi connectivity index (χ0v) is 18.2. The van der Waals surface area contributed by atoms with Crippen LogP contribution in [-0.2, 0) is 14.3 Å². The van der Waals surface area contributed by atoms with Gasteiger partial charge in [-0.05, 0) is 36.5 Å². The van der Waals surface area contributed by atoms with Crippen molar-refractivity contribution in [3.8, 4) is 0 Å². The van der Waals surface area contributed by atoms with Crippen LogP contribution in [-0.4, -0.2) is 62.1 Å². The summed E-state index contributed by atoms with van der Waals surface area (Å²) >= 11 is 6.06. The van der Waals surface area contributed by atoms with Crippen molar-refractivity contribution in [3.63, 3.8) is 0 Å². The first-order valence-electron chi connectivity index (χ1n) is 10.6. The van der Waals surface area contributed by atoms with Crippen molar-refractivity contribution in [1.29, 1.82) is 0 Å². The molecule has 2 amide bonds. The minimum atomic E-state index is -0.130. The Morgan fingerprint density at radius 3 is 2.62 bits per heavy atom. The van der Waals surface area contributed by atoms with Gasteiger partial charge in [0.25, 0.3) is 0 Å². The first-order valence-corrected chi connectivity index (χ1v) is 11.0. The molecule has 1 aromatic carbocycles. The summed E-state index contributed by atoms with van der Waals surface area (Å²) in [6, 6.07) is 7.97. The molecule has 1 aliphatic carbocycles. The van der Waals surface area contributed by atoms with E-state index in [0.717, 1.165) is 31.6 Å². The topological polar surface area (TPSA) is 61.9 Å². The molecule has 0 aromatic heterocycles. The van der Waals surface area contributed by atoms with Gasteiger partial charge in [-0.25, -0.2) is 0 Å². The van der Waals surface area contributed by atoms with Crippen LogP contribution < -0.4 is 10.2 Å². The van der Waals surface area contributed by atoms with Gasteiger partial charge in [0.1, 0.15) is 13.2 Å². The number of nitrogens with one attached hydrogen (secondary N) is 1. The molecule has 2 aliphatic rings. The van der Waals surface area contributed by atoms with Gasteiger partial charge in [0.15, 0.2) is 0 Å². The lowest BCUT2D eigenvalue weighted by Gasteiger charge is -2.36. The van der Waals surface area contributed by atoms with Crippen LogP contribution in [0.5, 0.6) is 0 Å². The number of nitrogens with zero attached hydrogens (tertiary/aromatic N) is 2. The number of piperazine rings is 1. The van der Waals surface area contributed by atoms with Crippen LogP contribution in [0, 0.1) is 11.8 Å². The standard InChI is InChI=1S/C22H32ClN3O3/c1-16-5-3-8-20(17(16)2)24-21(27)14-29-15-22(28)26-11-9-25(10-12-26)19-7-4-6-18(23)13-19/h4,6-7,13,16-17,20H,3,5,8-12,14-15H2,1-2H3,(H,24,27). The molecule has 0 radical (unpaired) electrons. The van der Waals surface area contributed by atoms with E-state index in [0.29, 0.717) is 29.9 Å². The van der Waals surface area contributed by atoms with Crippen LogP contribution >= 0.6 is 11.6 Å². The molecule has 3 unspecified atom stereocenters. The highest BCUT2D eigenvalue weighted by Gasteiger charge is 2.28. The lowest BCUT2D eigenvalue weighted by Crippen LogP contribution is -2.50. The smallest absolute Gasteiger partial charge is 0.248 e. The van der Waals surface area contributed by atoms with E-state index >= 15 is 0 Å². The highest BCUT2D eigenvalue weighted by Crippen LogP contribution is 2.29. The quantitative estimate of drug-likeness (QED) is 0.767. The van der Waals surface area contributed by atoms with Gasteiger partial charge in [-0.1, -0.05) is 44.4 Å². The first kappa shape index (κ1) is 21.9. The lowest BCUT2D eigenvalue weighted by atomic mass is 9.78. The summed E-state index contributed by atoms with van der Waals surface area (Å²) in [6.45, 7) is 7.10. The van der Waals surface area contributed by atoms with E-state index in [2.05, 4.69) is 24.1 Å². The summed E-state index contributed by atoms with van der Waals surface area (Å²) in [6.07, 6.45) is 3.40. The summed E-state index contributed by atoms with van der Waals surface area (Å²) in [5.74, 6) is 0.907. The van der Waals surface area contributed by atoms with Crippen LogP contribution in [0.2, 0.25) is 5.02 Å². The van der Waals surface area contributed by atoms with Crippen molar-refractivity contribution in [2.75, 3.05) is 44.3 Å². The molecular formula is C22H32ClN3O3. The van der Waals surface area contributed by atoms with E-state index in [1.165, 1.54) is 6.42 Å². The number of carbonyl (C=O) groups excluding carboxylic acids is 2. The van der Waals surface area contributed by atoms with E-state index in [1.807, 2.05) is 24.3 Å². The Labute approximate surface area is 178 Å². The molecular weight excluding hydrogens is 390 g/mol. The summed E-state index contributed by atoms with van der Waals surface area (Å²) in [7, 11) is 0. The van der Waals surface area contributed by atoms with Crippen molar-refractivity contribution in [3.05, 3.63) is 29.3 Å². The molecule has 1 N–H and O–H groups in total. The number of carbonyl (C=O) groups is 2. The zero-order chi connectivity index (χ0) is 20.8. The third-order valence-electron chi connectivity index (χ3n) is 6.32. The van der Waals surface area contributed by atoms with Gasteiger partial charge in [0.05, 0.1) is 0 Å². The Hall–Kier alpha value is -1.79. The Morgan fingerprint density at radius 2 is 1.90 bits per heavy atom. The van der Waals surface area contributed by atoms with Crippen molar-refractivity contribution < 1.29 is 14.3 Å². The number of ether oxygens (including phenoxy) is 1. The fourth-order valence-electron chi connectivity index (χ4n) is 4.24. The number of amides is 2. The monoisotopic (exact) mass is 421 g/mol. The summed E-state index contributed by atoms with van der Waals surface area (Å²) < 4.78 is 5.41. The normalized spacial score (nSPS) is 25.0. The van der Waals surface area contributed by atoms with Crippen LogP contribution in [0.4, 0.5) is 5.69 Å². The average molecular weight is 422 g/mol. The SMILES string of the molecule is CC1CCCC(NC(=O)COCC(=O)N2CCN(c3cccc(Cl)c3)CC2)C1C. The molecule has 160 valence electrons. The Kier molecular flexibility index (Phi) is 7.78. The number of hydrogen-bond acceptors (Lipinski definition) is 4. The molecule has 1 aromatic rings. The molecule has 29 heavy (non-hydrogen) atoms. The van der Waals surface area contributed by atoms with E-state index in [9.17, 15) is 9.59 Å². The largest absolute Gasteiger partial charge is 0.368 e. The Bertz CT molecular complexity index is 706. The summed E-state index contributed by atoms with van der Waals surface area (Å²) in [5.41, 5.74) is 1.07. The predicted octanol–water partition coefficient (Wildman–Crippen LogP) is 2.95. The molecule has 1 saturated carbocycles. The van der Waals surface area contributed by atoms with E-state index in [1.54, 1.807) is 4.90 Å². The fraction of sp³-hybridized carbons (Fsp3) is 0.636. The van der Waals surface area contributed by atoms with Gasteiger partial charge in [-0.15, -0.1) is 0 Å². The third-order valence-corrected chi connectivity index (χ3v) is 6.55. The highest BCUT2D eigenvalue weighted by atomic mass is 35.5. The third kappa shape index (κ3) is 6.09. The van der Waals surface area contributed by atoms with E-state index < -0.39 is 0 Å². The van der Waals surface area contributed by atoms with Gasteiger partial charge in [0, 0.05) is 42.9 Å². The van der Waals surface area contributed by atoms with Gasteiger partial charge in [-0.3, -0.25) is 9.59 Å². The van der Waals surface area contributed by atoms with Crippen LogP contribution in [0.25, 0.3) is 0 Å². The zero-order valence-electron chi connectivity index (χ0n) is 17.4. The summed E-state index contributed by atoms with van der Waals surface area (Å²) in [4.78, 5) is 28.6. The van der Waals surface area contributed by atoms with E-state index in [4.69, 9.17) is 16.3 Å². The van der Waals surface area contributed by atoms with Gasteiger partial charge >= 0.3 is 0 Å². The molecule has 1 heterocycles. The van der Waals surface area contributed by atoms with Crippen LogP contribution in [0.1, 0.15) is 33.1 Å². The molecule has 1 aliphatic heterocycles. The maximum Gasteiger partial charge on any atom is 0.248 e. The minimum absolute atomic E-state index is 0.0544. The van der Waals surface area contributed by atoms with E-state index in [-0.39, 0.29) is 31.1 Å². The Morgan fingerprint density at radius 1 is 1.14 bits per heavy atom. The molecule has 7 heteroatoms. The van der Waals surface area contributed by atoms with Gasteiger partial charge in [0.2, 0.25) is 11.8 Å². The highest BCUT2D eigenvalue weighted by molar-refractivity contribution is 6.30. The maximum atomic E-state index is 12.4. The molecule has 2 fully saturated rings. The van der Waals surface area contributed by atoms with Crippen molar-refractivity contribution in [2.45, 2.75) is 39.2 Å². The summed E-state index contributed by atoms with van der Waals surface area (Å²) in [5, 5.41) is 3.79. The van der Waals surface area contributed by atoms with Gasteiger partial charge in [-0.2, -0.15) is 0 Å². The van der Waals surface area contributed by atoms with Crippen LogP contribution in [0.3, 0.4) is 0 Å². The number of anilines is 1. The maximum absolute atomic E-state index is 12.4. The van der Waals surface area contributed by atoms with Crippen LogP contribution in [0.15, 0.2) is 24.3 Å². The number of halogens is 1. The second kappa shape index (κ2) is 10.3. The minimum Gasteiger partial charge on any atom is -0.368 e. The van der Waals surface area contributed by atoms with Crippen molar-refractivity contribution in [1.82, 2.24) is 10.2 Å². The molecule has 6 nitrogen and oxygen atoms in total. The second-order valence-electron chi connectivity index (χ2n) is 8.28. The number of benzene rings is 1. The molecule has 1 saturated heterocycles. The second-order valence-corrected chi connectivity index (χ2v) is 8.72. The van der Waals surface area contributed by atoms with Crippen molar-refractivity contribution >= 4 is 29.1 Å². The Balaban J connectivity index is 1.35. The number of rotatable bonds is 6. The number of hydrogen-bond donors (Lipinski definition) is 1. The lowest BCUT2D eigenvalue weighted by molar-refractivity contribution is -0.138. The molecule has 3 atom stereocenters. The fourth-order valence-corrected chi connectivity index (χ4v) is 4.43. The molecule has 0 spiro atoms. The predicted molar refractivity (Wildman–Crippen MR) is 115 cm³/mol. The van der Waals surface area contributed by atoms with Gasteiger partial charge < -0.3 is 19.9 Å².